The van der Waals surface area contributed by atoms with Crippen molar-refractivity contribution in [1.82, 2.24) is 14.7 Å². The fraction of sp³-hybridized carbons (Fsp3) is 0.423. The minimum Gasteiger partial charge on any atom is -0.410 e. The van der Waals surface area contributed by atoms with Gasteiger partial charge in [0.05, 0.1) is 12.0 Å². The summed E-state index contributed by atoms with van der Waals surface area (Å²) in [6.45, 7) is 3.63. The van der Waals surface area contributed by atoms with E-state index in [2.05, 4.69) is 0 Å². The second-order valence-corrected chi connectivity index (χ2v) is 9.52. The number of hydrogen-bond donors (Lipinski definition) is 0. The van der Waals surface area contributed by atoms with Gasteiger partial charge in [-0.3, -0.25) is 9.59 Å². The summed E-state index contributed by atoms with van der Waals surface area (Å²) >= 11 is 6.08. The maximum atomic E-state index is 13.4. The Kier molecular flexibility index (Phi) is 7.60. The Balaban J connectivity index is 1.51. The van der Waals surface area contributed by atoms with E-state index >= 15 is 0 Å². The van der Waals surface area contributed by atoms with Crippen molar-refractivity contribution in [3.8, 4) is 5.75 Å². The number of benzene rings is 2. The number of rotatable bonds is 5. The molecule has 0 saturated carbocycles. The molecular weight excluding hydrogens is 473 g/mol. The molecule has 186 valence electrons. The average Bonchev–Trinajstić information content (AvgIpc) is 3.53. The number of likely N-dealkylation sites (tertiary alicyclic amines) is 2. The van der Waals surface area contributed by atoms with E-state index in [9.17, 15) is 18.8 Å². The Morgan fingerprint density at radius 2 is 1.71 bits per heavy atom. The van der Waals surface area contributed by atoms with Gasteiger partial charge in [0.2, 0.25) is 11.8 Å². The summed E-state index contributed by atoms with van der Waals surface area (Å²) in [7, 11) is 1.64. The Morgan fingerprint density at radius 1 is 1.03 bits per heavy atom. The highest BCUT2D eigenvalue weighted by molar-refractivity contribution is 6.30. The smallest absolute Gasteiger partial charge is 0.410 e. The highest BCUT2D eigenvalue weighted by atomic mass is 35.5. The molecule has 2 saturated heterocycles. The molecule has 0 spiro atoms. The third-order valence-electron chi connectivity index (χ3n) is 6.90. The lowest BCUT2D eigenvalue weighted by molar-refractivity contribution is -0.135. The molecule has 0 bridgehead atoms. The molecular formula is C26H29ClFN3O4. The van der Waals surface area contributed by atoms with Crippen LogP contribution in [0.3, 0.4) is 0 Å². The zero-order valence-corrected chi connectivity index (χ0v) is 20.6. The van der Waals surface area contributed by atoms with Crippen LogP contribution in [-0.2, 0) is 9.59 Å². The van der Waals surface area contributed by atoms with Crippen molar-refractivity contribution in [2.24, 2.45) is 5.92 Å². The lowest BCUT2D eigenvalue weighted by Gasteiger charge is -2.28. The predicted molar refractivity (Wildman–Crippen MR) is 130 cm³/mol. The third-order valence-corrected chi connectivity index (χ3v) is 7.15. The fourth-order valence-corrected chi connectivity index (χ4v) is 5.00. The van der Waals surface area contributed by atoms with Gasteiger partial charge in [-0.2, -0.15) is 0 Å². The first-order valence-electron chi connectivity index (χ1n) is 11.8. The van der Waals surface area contributed by atoms with Gasteiger partial charge < -0.3 is 19.4 Å². The first kappa shape index (κ1) is 25.0. The van der Waals surface area contributed by atoms with Crippen molar-refractivity contribution in [2.75, 3.05) is 33.2 Å². The summed E-state index contributed by atoms with van der Waals surface area (Å²) in [5.74, 6) is -0.510. The van der Waals surface area contributed by atoms with Crippen LogP contribution >= 0.6 is 11.6 Å². The van der Waals surface area contributed by atoms with Gasteiger partial charge in [-0.05, 0) is 48.4 Å². The summed E-state index contributed by atoms with van der Waals surface area (Å²) in [6, 6.07) is 12.3. The number of hydrogen-bond acceptors (Lipinski definition) is 4. The van der Waals surface area contributed by atoms with Crippen LogP contribution in [0.2, 0.25) is 5.02 Å². The first-order valence-corrected chi connectivity index (χ1v) is 12.2. The molecule has 2 aromatic rings. The molecule has 3 amide bonds. The van der Waals surface area contributed by atoms with Crippen LogP contribution in [-0.4, -0.2) is 71.9 Å². The van der Waals surface area contributed by atoms with Crippen LogP contribution in [0.15, 0.2) is 48.5 Å². The summed E-state index contributed by atoms with van der Waals surface area (Å²) in [5.41, 5.74) is 0.963. The maximum absolute atomic E-state index is 13.4. The van der Waals surface area contributed by atoms with Crippen molar-refractivity contribution in [3.63, 3.8) is 0 Å². The van der Waals surface area contributed by atoms with Gasteiger partial charge in [0, 0.05) is 50.6 Å². The molecule has 9 heteroatoms. The highest BCUT2D eigenvalue weighted by Gasteiger charge is 2.43. The molecule has 2 heterocycles. The monoisotopic (exact) mass is 501 g/mol. The zero-order chi connectivity index (χ0) is 25.1. The average molecular weight is 502 g/mol. The second kappa shape index (κ2) is 10.6. The lowest BCUT2D eigenvalue weighted by atomic mass is 9.93. The van der Waals surface area contributed by atoms with Gasteiger partial charge in [0.25, 0.3) is 0 Å². The van der Waals surface area contributed by atoms with E-state index in [4.69, 9.17) is 16.3 Å². The Labute approximate surface area is 209 Å². The number of likely N-dealkylation sites (N-methyl/N-ethyl adjacent to an activating group) is 1. The normalized spacial score (nSPS) is 21.8. The summed E-state index contributed by atoms with van der Waals surface area (Å²) in [5, 5.41) is 0.604. The van der Waals surface area contributed by atoms with Crippen LogP contribution in [0.5, 0.6) is 5.75 Å². The Hall–Kier alpha value is -3.13. The molecule has 0 aromatic heterocycles. The standard InChI is InChI=1S/C26H29ClFN3O4/c1-3-24(32)30-13-12-18(14-30)25(33)31-15-22(17-4-6-19(27)7-5-17)23(16-31)29(2)26(34)35-21-10-8-20(28)9-11-21/h4-11,18,22-23H,3,12-16H2,1-2H3. The van der Waals surface area contributed by atoms with Crippen LogP contribution in [0.4, 0.5) is 9.18 Å². The van der Waals surface area contributed by atoms with Crippen molar-refractivity contribution in [3.05, 3.63) is 64.9 Å². The molecule has 2 aliphatic heterocycles. The van der Waals surface area contributed by atoms with Gasteiger partial charge in [-0.25, -0.2) is 9.18 Å². The Bertz CT molecular complexity index is 1080. The Morgan fingerprint density at radius 3 is 2.37 bits per heavy atom. The zero-order valence-electron chi connectivity index (χ0n) is 19.8. The molecule has 2 aliphatic rings. The molecule has 7 nitrogen and oxygen atoms in total. The first-order chi connectivity index (χ1) is 16.8. The predicted octanol–water partition coefficient (Wildman–Crippen LogP) is 4.16. The number of carbonyl (C=O) groups is 3. The fourth-order valence-electron chi connectivity index (χ4n) is 4.88. The van der Waals surface area contributed by atoms with Gasteiger partial charge >= 0.3 is 6.09 Å². The molecule has 35 heavy (non-hydrogen) atoms. The van der Waals surface area contributed by atoms with E-state index in [0.717, 1.165) is 5.56 Å². The van der Waals surface area contributed by atoms with Crippen LogP contribution < -0.4 is 4.74 Å². The summed E-state index contributed by atoms with van der Waals surface area (Å²) in [6.07, 6.45) is 0.474. The van der Waals surface area contributed by atoms with Crippen molar-refractivity contribution < 1.29 is 23.5 Å². The maximum Gasteiger partial charge on any atom is 0.415 e. The topological polar surface area (TPSA) is 70.2 Å². The minimum atomic E-state index is -0.588. The van der Waals surface area contributed by atoms with Gasteiger partial charge in [-0.1, -0.05) is 30.7 Å². The van der Waals surface area contributed by atoms with E-state index in [-0.39, 0.29) is 35.4 Å². The largest absolute Gasteiger partial charge is 0.415 e. The van der Waals surface area contributed by atoms with Crippen molar-refractivity contribution in [1.29, 1.82) is 0 Å². The van der Waals surface area contributed by atoms with E-state index in [0.29, 0.717) is 44.0 Å². The van der Waals surface area contributed by atoms with Gasteiger partial charge in [0.15, 0.2) is 0 Å². The second-order valence-electron chi connectivity index (χ2n) is 9.08. The quantitative estimate of drug-likeness (QED) is 0.617. The van der Waals surface area contributed by atoms with Crippen molar-refractivity contribution >= 4 is 29.5 Å². The number of nitrogens with zero attached hydrogens (tertiary/aromatic N) is 3. The molecule has 0 N–H and O–H groups in total. The number of amides is 3. The SMILES string of the molecule is CCC(=O)N1CCC(C(=O)N2CC(c3ccc(Cl)cc3)C(N(C)C(=O)Oc3ccc(F)cc3)C2)C1. The van der Waals surface area contributed by atoms with Crippen LogP contribution in [0.25, 0.3) is 0 Å². The molecule has 0 radical (unpaired) electrons. The summed E-state index contributed by atoms with van der Waals surface area (Å²) in [4.78, 5) is 43.4. The van der Waals surface area contributed by atoms with Gasteiger partial charge in [0.1, 0.15) is 11.6 Å². The molecule has 0 aliphatic carbocycles. The molecule has 4 rings (SSSR count). The van der Waals surface area contributed by atoms with Crippen LogP contribution in [0, 0.1) is 11.7 Å². The van der Waals surface area contributed by atoms with Gasteiger partial charge in [-0.15, -0.1) is 0 Å². The molecule has 3 unspecified atom stereocenters. The lowest BCUT2D eigenvalue weighted by Crippen LogP contribution is -2.44. The number of carbonyl (C=O) groups excluding carboxylic acids is 3. The minimum absolute atomic E-state index is 0.00170. The summed E-state index contributed by atoms with van der Waals surface area (Å²) < 4.78 is 18.7. The molecule has 3 atom stereocenters. The van der Waals surface area contributed by atoms with E-state index in [1.807, 2.05) is 19.1 Å². The molecule has 2 aromatic carbocycles. The van der Waals surface area contributed by atoms with Crippen molar-refractivity contribution in [2.45, 2.75) is 31.7 Å². The highest BCUT2D eigenvalue weighted by Crippen LogP contribution is 2.34. The third kappa shape index (κ3) is 5.59. The number of ether oxygens (including phenoxy) is 1. The van der Waals surface area contributed by atoms with E-state index < -0.39 is 11.9 Å². The van der Waals surface area contributed by atoms with E-state index in [1.54, 1.807) is 29.0 Å². The van der Waals surface area contributed by atoms with E-state index in [1.165, 1.54) is 29.2 Å². The van der Waals surface area contributed by atoms with Crippen LogP contribution in [0.1, 0.15) is 31.2 Å². The number of halogens is 2. The molecule has 2 fully saturated rings.